The molecule has 2 rings (SSSR count). The van der Waals surface area contributed by atoms with E-state index >= 15 is 0 Å². The molecule has 1 heterocycles. The highest BCUT2D eigenvalue weighted by Crippen LogP contribution is 2.22. The number of amides is 1. The maximum atomic E-state index is 10.8. The van der Waals surface area contributed by atoms with Crippen LogP contribution in [0.5, 0.6) is 5.75 Å². The first-order valence-electron chi connectivity index (χ1n) is 6.06. The molecule has 18 heavy (non-hydrogen) atoms. The number of carbonyl (C=O) groups excluding carboxylic acids is 1. The van der Waals surface area contributed by atoms with E-state index in [0.717, 1.165) is 36.2 Å². The molecule has 1 aliphatic heterocycles. The summed E-state index contributed by atoms with van der Waals surface area (Å²) in [5.74, 6) is 0.624. The topological polar surface area (TPSA) is 55.6 Å². The van der Waals surface area contributed by atoms with Crippen LogP contribution in [0.1, 0.15) is 12.8 Å². The van der Waals surface area contributed by atoms with Crippen molar-refractivity contribution in [3.63, 3.8) is 0 Å². The molecule has 0 saturated carbocycles. The molecule has 0 radical (unpaired) electrons. The Morgan fingerprint density at radius 2 is 2.17 bits per heavy atom. The Hall–Kier alpha value is -1.07. The van der Waals surface area contributed by atoms with E-state index in [1.165, 1.54) is 0 Å². The summed E-state index contributed by atoms with van der Waals surface area (Å²) in [6.07, 6.45) is 2.09. The summed E-state index contributed by atoms with van der Waals surface area (Å²) in [5.41, 5.74) is 5.18. The molecule has 0 unspecified atom stereocenters. The second-order valence-electron chi connectivity index (χ2n) is 4.52. The number of carbonyl (C=O) groups is 1. The van der Waals surface area contributed by atoms with Crippen molar-refractivity contribution in [2.75, 3.05) is 19.6 Å². The Morgan fingerprint density at radius 3 is 2.78 bits per heavy atom. The van der Waals surface area contributed by atoms with Crippen molar-refractivity contribution >= 4 is 21.8 Å². The number of hydrogen-bond donors (Lipinski definition) is 1. The lowest BCUT2D eigenvalue weighted by atomic mass is 10.1. The highest BCUT2D eigenvalue weighted by molar-refractivity contribution is 9.10. The number of rotatable bonds is 4. The lowest BCUT2D eigenvalue weighted by molar-refractivity contribution is -0.119. The van der Waals surface area contributed by atoms with Gasteiger partial charge in [-0.3, -0.25) is 9.69 Å². The third-order valence-electron chi connectivity index (χ3n) is 3.01. The fourth-order valence-electron chi connectivity index (χ4n) is 2.14. The smallest absolute Gasteiger partial charge is 0.231 e. The van der Waals surface area contributed by atoms with Gasteiger partial charge >= 0.3 is 0 Å². The monoisotopic (exact) mass is 312 g/mol. The molecule has 2 N–H and O–H groups in total. The summed E-state index contributed by atoms with van der Waals surface area (Å²) >= 11 is 3.42. The molecule has 5 heteroatoms. The molecule has 1 aromatic rings. The van der Waals surface area contributed by atoms with Crippen molar-refractivity contribution in [2.45, 2.75) is 18.9 Å². The number of hydrogen-bond acceptors (Lipinski definition) is 3. The standard InChI is InChI=1S/C13H17BrN2O2/c14-10-2-1-3-12(8-10)18-11-4-6-16(7-5-11)9-13(15)17/h1-3,8,11H,4-7,9H2,(H2,15,17). The maximum absolute atomic E-state index is 10.8. The molecule has 0 atom stereocenters. The predicted octanol–water partition coefficient (Wildman–Crippen LogP) is 1.78. The molecule has 0 bridgehead atoms. The van der Waals surface area contributed by atoms with E-state index in [1.807, 2.05) is 24.3 Å². The van der Waals surface area contributed by atoms with Crippen LogP contribution in [0.3, 0.4) is 0 Å². The van der Waals surface area contributed by atoms with Gasteiger partial charge in [-0.25, -0.2) is 0 Å². The van der Waals surface area contributed by atoms with E-state index in [9.17, 15) is 4.79 Å². The number of ether oxygens (including phenoxy) is 1. The predicted molar refractivity (Wildman–Crippen MR) is 73.4 cm³/mol. The van der Waals surface area contributed by atoms with Crippen LogP contribution >= 0.6 is 15.9 Å². The molecule has 0 aliphatic carbocycles. The Morgan fingerprint density at radius 1 is 1.44 bits per heavy atom. The van der Waals surface area contributed by atoms with Gasteiger partial charge in [-0.2, -0.15) is 0 Å². The van der Waals surface area contributed by atoms with Gasteiger partial charge in [0.15, 0.2) is 0 Å². The number of halogens is 1. The van der Waals surface area contributed by atoms with Crippen LogP contribution in [0.15, 0.2) is 28.7 Å². The van der Waals surface area contributed by atoms with Gasteiger partial charge in [0.1, 0.15) is 11.9 Å². The molecular weight excluding hydrogens is 296 g/mol. The van der Waals surface area contributed by atoms with Crippen LogP contribution in [0, 0.1) is 0 Å². The third-order valence-corrected chi connectivity index (χ3v) is 3.51. The lowest BCUT2D eigenvalue weighted by Crippen LogP contribution is -2.42. The Kier molecular flexibility index (Phi) is 4.60. The molecule has 0 spiro atoms. The fraction of sp³-hybridized carbons (Fsp3) is 0.462. The van der Waals surface area contributed by atoms with Gasteiger partial charge in [-0.05, 0) is 31.0 Å². The molecule has 98 valence electrons. The summed E-state index contributed by atoms with van der Waals surface area (Å²) in [6.45, 7) is 2.08. The zero-order chi connectivity index (χ0) is 13.0. The maximum Gasteiger partial charge on any atom is 0.231 e. The van der Waals surface area contributed by atoms with Gasteiger partial charge in [0, 0.05) is 17.6 Å². The van der Waals surface area contributed by atoms with Crippen LogP contribution in [-0.4, -0.2) is 36.5 Å². The summed E-state index contributed by atoms with van der Waals surface area (Å²) in [6, 6.07) is 7.86. The largest absolute Gasteiger partial charge is 0.490 e. The van der Waals surface area contributed by atoms with E-state index in [0.29, 0.717) is 6.54 Å². The van der Waals surface area contributed by atoms with Gasteiger partial charge < -0.3 is 10.5 Å². The minimum absolute atomic E-state index is 0.225. The van der Waals surface area contributed by atoms with Crippen molar-refractivity contribution in [3.05, 3.63) is 28.7 Å². The number of likely N-dealkylation sites (tertiary alicyclic amines) is 1. The summed E-state index contributed by atoms with van der Waals surface area (Å²) < 4.78 is 6.94. The minimum atomic E-state index is -0.263. The first-order chi connectivity index (χ1) is 8.63. The number of nitrogens with two attached hydrogens (primary N) is 1. The molecule has 0 aromatic heterocycles. The van der Waals surface area contributed by atoms with Crippen LogP contribution in [0.2, 0.25) is 0 Å². The van der Waals surface area contributed by atoms with Crippen LogP contribution < -0.4 is 10.5 Å². The zero-order valence-corrected chi connectivity index (χ0v) is 11.7. The highest BCUT2D eigenvalue weighted by Gasteiger charge is 2.21. The van der Waals surface area contributed by atoms with Gasteiger partial charge in [-0.15, -0.1) is 0 Å². The van der Waals surface area contributed by atoms with Gasteiger partial charge in [0.25, 0.3) is 0 Å². The summed E-state index contributed by atoms with van der Waals surface area (Å²) in [4.78, 5) is 12.9. The van der Waals surface area contributed by atoms with Gasteiger partial charge in [0.2, 0.25) is 5.91 Å². The molecule has 1 aliphatic rings. The number of benzene rings is 1. The van der Waals surface area contributed by atoms with Crippen molar-refractivity contribution in [2.24, 2.45) is 5.73 Å². The van der Waals surface area contributed by atoms with Crippen molar-refractivity contribution in [1.82, 2.24) is 4.90 Å². The van der Waals surface area contributed by atoms with Crippen LogP contribution in [-0.2, 0) is 4.79 Å². The fourth-order valence-corrected chi connectivity index (χ4v) is 2.52. The summed E-state index contributed by atoms with van der Waals surface area (Å²) in [5, 5.41) is 0. The Balaban J connectivity index is 1.81. The molecule has 1 saturated heterocycles. The first kappa shape index (κ1) is 13.4. The molecule has 1 amide bonds. The number of primary amides is 1. The van der Waals surface area contributed by atoms with Crippen LogP contribution in [0.4, 0.5) is 0 Å². The molecular formula is C13H17BrN2O2. The van der Waals surface area contributed by atoms with E-state index < -0.39 is 0 Å². The lowest BCUT2D eigenvalue weighted by Gasteiger charge is -2.31. The SMILES string of the molecule is NC(=O)CN1CCC(Oc2cccc(Br)c2)CC1. The van der Waals surface area contributed by atoms with Crippen molar-refractivity contribution in [3.8, 4) is 5.75 Å². The molecule has 1 fully saturated rings. The normalized spacial score (nSPS) is 17.6. The Bertz CT molecular complexity index is 417. The quantitative estimate of drug-likeness (QED) is 0.922. The molecule has 1 aromatic carbocycles. The minimum Gasteiger partial charge on any atom is -0.490 e. The van der Waals surface area contributed by atoms with Gasteiger partial charge in [-0.1, -0.05) is 22.0 Å². The number of nitrogens with zero attached hydrogens (tertiary/aromatic N) is 1. The average molecular weight is 313 g/mol. The van der Waals surface area contributed by atoms with Gasteiger partial charge in [0.05, 0.1) is 6.54 Å². The second kappa shape index (κ2) is 6.20. The Labute approximate surface area is 115 Å². The summed E-state index contributed by atoms with van der Waals surface area (Å²) in [7, 11) is 0. The van der Waals surface area contributed by atoms with E-state index in [2.05, 4.69) is 20.8 Å². The molecule has 4 nitrogen and oxygen atoms in total. The second-order valence-corrected chi connectivity index (χ2v) is 5.43. The van der Waals surface area contributed by atoms with Crippen molar-refractivity contribution in [1.29, 1.82) is 0 Å². The highest BCUT2D eigenvalue weighted by atomic mass is 79.9. The van der Waals surface area contributed by atoms with Crippen molar-refractivity contribution < 1.29 is 9.53 Å². The number of piperidine rings is 1. The third kappa shape index (κ3) is 3.99. The average Bonchev–Trinajstić information content (AvgIpc) is 2.31. The van der Waals surface area contributed by atoms with E-state index in [1.54, 1.807) is 0 Å². The van der Waals surface area contributed by atoms with Crippen LogP contribution in [0.25, 0.3) is 0 Å². The van der Waals surface area contributed by atoms with E-state index in [4.69, 9.17) is 10.5 Å². The zero-order valence-electron chi connectivity index (χ0n) is 10.1. The van der Waals surface area contributed by atoms with E-state index in [-0.39, 0.29) is 12.0 Å². The first-order valence-corrected chi connectivity index (χ1v) is 6.85.